The molecule has 0 saturated heterocycles. The predicted octanol–water partition coefficient (Wildman–Crippen LogP) is 7.97. The topological polar surface area (TPSA) is 26.3 Å². The molecule has 0 aliphatic rings. The lowest BCUT2D eigenvalue weighted by Crippen LogP contribution is -1.74. The van der Waals surface area contributed by atoms with Gasteiger partial charge in [0.1, 0.15) is 22.7 Å². The molecule has 2 heterocycles. The molecule has 0 radical (unpaired) electrons. The number of benzene rings is 4. The van der Waals surface area contributed by atoms with Crippen LogP contribution in [0.2, 0.25) is 0 Å². The van der Waals surface area contributed by atoms with E-state index in [9.17, 15) is 0 Å². The summed E-state index contributed by atoms with van der Waals surface area (Å²) < 4.78 is 12.3. The first-order chi connectivity index (χ1) is 14.2. The van der Waals surface area contributed by atoms with E-state index < -0.39 is 0 Å². The van der Waals surface area contributed by atoms with Crippen LogP contribution in [0.5, 0.6) is 0 Å². The van der Waals surface area contributed by atoms with Crippen LogP contribution in [0.25, 0.3) is 55.4 Å². The Kier molecular flexibility index (Phi) is 3.41. The normalized spacial score (nSPS) is 11.6. The van der Waals surface area contributed by atoms with E-state index in [4.69, 9.17) is 8.83 Å². The van der Waals surface area contributed by atoms with Gasteiger partial charge >= 0.3 is 0 Å². The third-order valence-electron chi connectivity index (χ3n) is 5.50. The van der Waals surface area contributed by atoms with Gasteiger partial charge in [-0.1, -0.05) is 60.2 Å². The summed E-state index contributed by atoms with van der Waals surface area (Å²) in [6.45, 7) is 2.09. The van der Waals surface area contributed by atoms with E-state index in [1.807, 2.05) is 18.2 Å². The number of hydrogen-bond acceptors (Lipinski definition) is 2. The van der Waals surface area contributed by atoms with Crippen LogP contribution in [0.3, 0.4) is 0 Å². The Balaban J connectivity index is 1.50. The number of furan rings is 2. The van der Waals surface area contributed by atoms with Crippen LogP contribution in [0, 0.1) is 6.92 Å². The molecule has 0 saturated carbocycles. The molecule has 0 aliphatic heterocycles. The van der Waals surface area contributed by atoms with Crippen LogP contribution < -0.4 is 0 Å². The zero-order valence-electron chi connectivity index (χ0n) is 16.0. The van der Waals surface area contributed by atoms with Crippen molar-refractivity contribution in [2.24, 2.45) is 0 Å². The van der Waals surface area contributed by atoms with Crippen molar-refractivity contribution >= 4 is 32.7 Å². The zero-order valence-corrected chi connectivity index (χ0v) is 16.0. The van der Waals surface area contributed by atoms with E-state index >= 15 is 0 Å². The van der Waals surface area contributed by atoms with Crippen LogP contribution in [0.4, 0.5) is 0 Å². The monoisotopic (exact) mass is 374 g/mol. The average molecular weight is 374 g/mol. The van der Waals surface area contributed by atoms with Crippen molar-refractivity contribution in [1.29, 1.82) is 0 Å². The first-order valence-corrected chi connectivity index (χ1v) is 9.76. The van der Waals surface area contributed by atoms with Gasteiger partial charge in [-0.05, 0) is 54.1 Å². The zero-order chi connectivity index (χ0) is 19.4. The summed E-state index contributed by atoms with van der Waals surface area (Å²) >= 11 is 0. The molecule has 2 aromatic heterocycles. The molecule has 2 nitrogen and oxygen atoms in total. The van der Waals surface area contributed by atoms with Gasteiger partial charge in [-0.25, -0.2) is 0 Å². The van der Waals surface area contributed by atoms with Crippen LogP contribution in [0.15, 0.2) is 99.8 Å². The van der Waals surface area contributed by atoms with Crippen LogP contribution >= 0.6 is 0 Å². The molecule has 4 aromatic carbocycles. The molecule has 0 aliphatic carbocycles. The third-order valence-corrected chi connectivity index (χ3v) is 5.50. The highest BCUT2D eigenvalue weighted by Crippen LogP contribution is 2.35. The Bertz CT molecular complexity index is 1410. The second kappa shape index (κ2) is 6.11. The first kappa shape index (κ1) is 16.2. The lowest BCUT2D eigenvalue weighted by molar-refractivity contribution is 0.631. The highest BCUT2D eigenvalue weighted by Gasteiger charge is 2.11. The summed E-state index contributed by atoms with van der Waals surface area (Å²) in [5.41, 5.74) is 5.23. The second-order valence-electron chi connectivity index (χ2n) is 7.58. The van der Waals surface area contributed by atoms with Gasteiger partial charge in [-0.2, -0.15) is 0 Å². The van der Waals surface area contributed by atoms with Crippen molar-refractivity contribution in [2.45, 2.75) is 6.92 Å². The molecule has 0 N–H and O–H groups in total. The van der Waals surface area contributed by atoms with Gasteiger partial charge in [-0.3, -0.25) is 0 Å². The maximum absolute atomic E-state index is 6.17. The molecule has 0 atom stereocenters. The van der Waals surface area contributed by atoms with E-state index in [1.54, 1.807) is 0 Å². The Morgan fingerprint density at radius 3 is 1.55 bits per heavy atom. The smallest absolute Gasteiger partial charge is 0.135 e. The molecule has 0 spiro atoms. The number of aryl methyl sites for hydroxylation is 1. The summed E-state index contributed by atoms with van der Waals surface area (Å²) in [6, 6.07) is 31.4. The summed E-state index contributed by atoms with van der Waals surface area (Å²) in [5, 5.41) is 4.49. The van der Waals surface area contributed by atoms with Crippen molar-refractivity contribution < 1.29 is 8.83 Å². The fourth-order valence-electron chi connectivity index (χ4n) is 3.93. The SMILES string of the molecule is Cc1ccc(-c2cc3cc4cc5oc(-c6ccccc6)cc5cc4cc3o2)cc1. The van der Waals surface area contributed by atoms with Gasteiger partial charge in [0, 0.05) is 21.9 Å². The molecular formula is C27H18O2. The van der Waals surface area contributed by atoms with Crippen molar-refractivity contribution in [3.8, 4) is 22.6 Å². The molecule has 2 heteroatoms. The quantitative estimate of drug-likeness (QED) is 0.307. The summed E-state index contributed by atoms with van der Waals surface area (Å²) in [7, 11) is 0. The standard InChI is InChI=1S/C27H18O2/c1-17-7-9-19(10-8-17)25-16-23-12-21-13-26-22(11-20(21)14-27(23)29-25)15-24(28-26)18-5-3-2-4-6-18/h2-16H,1H3. The maximum Gasteiger partial charge on any atom is 0.135 e. The van der Waals surface area contributed by atoms with Crippen molar-refractivity contribution in [1.82, 2.24) is 0 Å². The molecule has 0 unspecified atom stereocenters. The van der Waals surface area contributed by atoms with Gasteiger partial charge in [0.2, 0.25) is 0 Å². The van der Waals surface area contributed by atoms with Gasteiger partial charge in [-0.15, -0.1) is 0 Å². The van der Waals surface area contributed by atoms with Gasteiger partial charge < -0.3 is 8.83 Å². The molecule has 6 aromatic rings. The summed E-state index contributed by atoms with van der Waals surface area (Å²) in [5.74, 6) is 1.78. The highest BCUT2D eigenvalue weighted by molar-refractivity contribution is 6.03. The van der Waals surface area contributed by atoms with E-state index in [0.717, 1.165) is 55.4 Å². The summed E-state index contributed by atoms with van der Waals surface area (Å²) in [6.07, 6.45) is 0. The summed E-state index contributed by atoms with van der Waals surface area (Å²) in [4.78, 5) is 0. The number of fused-ring (bicyclic) bond motifs is 3. The lowest BCUT2D eigenvalue weighted by atomic mass is 10.1. The fraction of sp³-hybridized carbons (Fsp3) is 0.0370. The van der Waals surface area contributed by atoms with Gasteiger partial charge in [0.15, 0.2) is 0 Å². The van der Waals surface area contributed by atoms with Gasteiger partial charge in [0.25, 0.3) is 0 Å². The van der Waals surface area contributed by atoms with Crippen molar-refractivity contribution in [2.75, 3.05) is 0 Å². The molecule has 0 amide bonds. The predicted molar refractivity (Wildman–Crippen MR) is 119 cm³/mol. The van der Waals surface area contributed by atoms with Crippen molar-refractivity contribution in [3.05, 3.63) is 96.6 Å². The molecule has 0 fully saturated rings. The van der Waals surface area contributed by atoms with E-state index in [0.29, 0.717) is 0 Å². The molecule has 138 valence electrons. The minimum absolute atomic E-state index is 0.890. The van der Waals surface area contributed by atoms with Crippen LogP contribution in [-0.2, 0) is 0 Å². The third kappa shape index (κ3) is 2.73. The Labute approximate surface area is 168 Å². The van der Waals surface area contributed by atoms with Crippen LogP contribution in [-0.4, -0.2) is 0 Å². The number of rotatable bonds is 2. The lowest BCUT2D eigenvalue weighted by Gasteiger charge is -1.98. The molecule has 0 bridgehead atoms. The molecule has 6 rings (SSSR count). The molecular weight excluding hydrogens is 356 g/mol. The Morgan fingerprint density at radius 1 is 0.483 bits per heavy atom. The van der Waals surface area contributed by atoms with E-state index in [2.05, 4.69) is 79.7 Å². The largest absolute Gasteiger partial charge is 0.456 e. The minimum Gasteiger partial charge on any atom is -0.456 e. The minimum atomic E-state index is 0.890. The van der Waals surface area contributed by atoms with E-state index in [1.165, 1.54) is 5.56 Å². The average Bonchev–Trinajstić information content (AvgIpc) is 3.35. The molecule has 29 heavy (non-hydrogen) atoms. The Morgan fingerprint density at radius 2 is 1.00 bits per heavy atom. The van der Waals surface area contributed by atoms with E-state index in [-0.39, 0.29) is 0 Å². The van der Waals surface area contributed by atoms with Gasteiger partial charge in [0.05, 0.1) is 0 Å². The maximum atomic E-state index is 6.17. The highest BCUT2D eigenvalue weighted by atomic mass is 16.3. The Hall–Kier alpha value is -3.78. The van der Waals surface area contributed by atoms with Crippen molar-refractivity contribution in [3.63, 3.8) is 0 Å². The first-order valence-electron chi connectivity index (χ1n) is 9.76. The number of hydrogen-bond donors (Lipinski definition) is 0. The fourth-order valence-corrected chi connectivity index (χ4v) is 3.93. The second-order valence-corrected chi connectivity index (χ2v) is 7.58. The van der Waals surface area contributed by atoms with Crippen LogP contribution in [0.1, 0.15) is 5.56 Å².